The highest BCUT2D eigenvalue weighted by atomic mass is 16.5. The molecule has 0 fully saturated rings. The van der Waals surface area contributed by atoms with Crippen molar-refractivity contribution in [2.75, 3.05) is 19.7 Å². The minimum Gasteiger partial charge on any atom is -0.494 e. The summed E-state index contributed by atoms with van der Waals surface area (Å²) in [6.07, 6.45) is 1.05. The minimum absolute atomic E-state index is 0.361. The molecule has 0 aromatic heterocycles. The maximum Gasteiger partial charge on any atom is 0.119 e. The lowest BCUT2D eigenvalue weighted by molar-refractivity contribution is 0.300. The van der Waals surface area contributed by atoms with Gasteiger partial charge in [-0.2, -0.15) is 0 Å². The lowest BCUT2D eigenvalue weighted by atomic mass is 9.97. The maximum atomic E-state index is 5.60. The highest BCUT2D eigenvalue weighted by Gasteiger charge is 2.07. The number of benzene rings is 1. The van der Waals surface area contributed by atoms with Gasteiger partial charge >= 0.3 is 0 Å². The molecule has 0 aliphatic rings. The molecule has 0 radical (unpaired) electrons. The second-order valence-corrected chi connectivity index (χ2v) is 5.25. The molecule has 1 N–H and O–H groups in total. The van der Waals surface area contributed by atoms with E-state index in [4.69, 9.17) is 4.74 Å². The molecule has 0 heterocycles. The largest absolute Gasteiger partial charge is 0.494 e. The molecule has 16 heavy (non-hydrogen) atoms. The molecule has 1 rings (SSSR count). The lowest BCUT2D eigenvalue weighted by Gasteiger charge is -2.18. The first-order valence-corrected chi connectivity index (χ1v) is 5.96. The smallest absolute Gasteiger partial charge is 0.119 e. The average Bonchev–Trinajstić information content (AvgIpc) is 2.23. The fourth-order valence-electron chi connectivity index (χ4n) is 1.37. The van der Waals surface area contributed by atoms with Crippen molar-refractivity contribution in [2.24, 2.45) is 5.41 Å². The summed E-state index contributed by atoms with van der Waals surface area (Å²) in [5.74, 6) is 0.957. The third-order valence-corrected chi connectivity index (χ3v) is 2.17. The van der Waals surface area contributed by atoms with E-state index in [0.29, 0.717) is 5.41 Å². The van der Waals surface area contributed by atoms with E-state index in [9.17, 15) is 0 Å². The van der Waals surface area contributed by atoms with Crippen LogP contribution in [0.4, 0.5) is 0 Å². The zero-order valence-corrected chi connectivity index (χ0v) is 10.6. The summed E-state index contributed by atoms with van der Waals surface area (Å²) in [7, 11) is 0. The SMILES string of the molecule is CC(C)(C)CNCCCOc1ccccc1. The van der Waals surface area contributed by atoms with Gasteiger partial charge in [-0.25, -0.2) is 0 Å². The van der Waals surface area contributed by atoms with Gasteiger partial charge in [0.15, 0.2) is 0 Å². The van der Waals surface area contributed by atoms with Crippen molar-refractivity contribution in [3.63, 3.8) is 0 Å². The molecule has 0 aliphatic carbocycles. The number of hydrogen-bond acceptors (Lipinski definition) is 2. The van der Waals surface area contributed by atoms with Gasteiger partial charge in [0, 0.05) is 0 Å². The molecular weight excluding hydrogens is 198 g/mol. The van der Waals surface area contributed by atoms with Gasteiger partial charge in [-0.05, 0) is 37.1 Å². The van der Waals surface area contributed by atoms with Gasteiger partial charge in [-0.1, -0.05) is 39.0 Å². The average molecular weight is 221 g/mol. The molecule has 0 saturated carbocycles. The first-order valence-electron chi connectivity index (χ1n) is 5.96. The molecule has 0 atom stereocenters. The summed E-state index contributed by atoms with van der Waals surface area (Å²) in [4.78, 5) is 0. The Labute approximate surface area is 99.0 Å². The molecule has 0 bridgehead atoms. The van der Waals surface area contributed by atoms with Gasteiger partial charge in [0.2, 0.25) is 0 Å². The number of hydrogen-bond donors (Lipinski definition) is 1. The van der Waals surface area contributed by atoms with Gasteiger partial charge in [-0.15, -0.1) is 0 Å². The van der Waals surface area contributed by atoms with E-state index in [1.165, 1.54) is 0 Å². The van der Waals surface area contributed by atoms with Crippen molar-refractivity contribution in [3.8, 4) is 5.75 Å². The van der Waals surface area contributed by atoms with E-state index in [2.05, 4.69) is 26.1 Å². The van der Waals surface area contributed by atoms with Crippen molar-refractivity contribution in [2.45, 2.75) is 27.2 Å². The Kier molecular flexibility index (Phi) is 5.33. The number of rotatable bonds is 6. The molecule has 0 unspecified atom stereocenters. The van der Waals surface area contributed by atoms with Gasteiger partial charge in [0.1, 0.15) is 5.75 Å². The van der Waals surface area contributed by atoms with Crippen molar-refractivity contribution in [3.05, 3.63) is 30.3 Å². The Morgan fingerprint density at radius 3 is 2.44 bits per heavy atom. The van der Waals surface area contributed by atoms with Crippen LogP contribution in [0.2, 0.25) is 0 Å². The number of nitrogens with one attached hydrogen (secondary N) is 1. The molecule has 0 saturated heterocycles. The molecule has 0 aliphatic heterocycles. The molecule has 1 aromatic carbocycles. The molecular formula is C14H23NO. The Balaban J connectivity index is 2.01. The summed E-state index contributed by atoms with van der Waals surface area (Å²) < 4.78 is 5.60. The summed E-state index contributed by atoms with van der Waals surface area (Å²) in [6, 6.07) is 9.96. The van der Waals surface area contributed by atoms with Crippen LogP contribution < -0.4 is 10.1 Å². The monoisotopic (exact) mass is 221 g/mol. The molecule has 2 heteroatoms. The van der Waals surface area contributed by atoms with Gasteiger partial charge < -0.3 is 10.1 Å². The predicted molar refractivity (Wildman–Crippen MR) is 68.9 cm³/mol. The van der Waals surface area contributed by atoms with Crippen molar-refractivity contribution >= 4 is 0 Å². The Morgan fingerprint density at radius 2 is 1.81 bits per heavy atom. The first-order chi connectivity index (χ1) is 7.58. The van der Waals surface area contributed by atoms with Crippen molar-refractivity contribution in [1.82, 2.24) is 5.32 Å². The second kappa shape index (κ2) is 6.54. The van der Waals surface area contributed by atoms with E-state index < -0.39 is 0 Å². The zero-order chi connectivity index (χ0) is 11.9. The van der Waals surface area contributed by atoms with Crippen LogP contribution in [-0.4, -0.2) is 19.7 Å². The maximum absolute atomic E-state index is 5.60. The van der Waals surface area contributed by atoms with Crippen molar-refractivity contribution < 1.29 is 4.74 Å². The molecule has 1 aromatic rings. The highest BCUT2D eigenvalue weighted by molar-refractivity contribution is 5.20. The third-order valence-electron chi connectivity index (χ3n) is 2.17. The number of ether oxygens (including phenoxy) is 1. The normalized spacial score (nSPS) is 11.4. The van der Waals surface area contributed by atoms with Crippen LogP contribution in [0, 0.1) is 5.41 Å². The van der Waals surface area contributed by atoms with E-state index in [1.807, 2.05) is 30.3 Å². The van der Waals surface area contributed by atoms with Gasteiger partial charge in [0.05, 0.1) is 6.61 Å². The fourth-order valence-corrected chi connectivity index (χ4v) is 1.37. The van der Waals surface area contributed by atoms with E-state index >= 15 is 0 Å². The molecule has 2 nitrogen and oxygen atoms in total. The Hall–Kier alpha value is -1.02. The van der Waals surface area contributed by atoms with Crippen LogP contribution in [-0.2, 0) is 0 Å². The number of para-hydroxylation sites is 1. The van der Waals surface area contributed by atoms with Crippen LogP contribution in [0.5, 0.6) is 5.75 Å². The standard InChI is InChI=1S/C14H23NO/c1-14(2,3)12-15-10-7-11-16-13-8-5-4-6-9-13/h4-6,8-9,15H,7,10-12H2,1-3H3. The van der Waals surface area contributed by atoms with Gasteiger partial charge in [-0.3, -0.25) is 0 Å². The summed E-state index contributed by atoms with van der Waals surface area (Å²) >= 11 is 0. The first kappa shape index (κ1) is 13.0. The van der Waals surface area contributed by atoms with E-state index in [1.54, 1.807) is 0 Å². The molecule has 0 amide bonds. The lowest BCUT2D eigenvalue weighted by Crippen LogP contribution is -2.28. The summed E-state index contributed by atoms with van der Waals surface area (Å²) in [5, 5.41) is 3.43. The van der Waals surface area contributed by atoms with Gasteiger partial charge in [0.25, 0.3) is 0 Å². The third kappa shape index (κ3) is 6.46. The Bertz CT molecular complexity index is 277. The van der Waals surface area contributed by atoms with E-state index in [-0.39, 0.29) is 0 Å². The van der Waals surface area contributed by atoms with Crippen LogP contribution in [0.1, 0.15) is 27.2 Å². The van der Waals surface area contributed by atoms with E-state index in [0.717, 1.165) is 31.9 Å². The summed E-state index contributed by atoms with van der Waals surface area (Å²) in [5.41, 5.74) is 0.361. The zero-order valence-electron chi connectivity index (χ0n) is 10.6. The molecule has 90 valence electrons. The predicted octanol–water partition coefficient (Wildman–Crippen LogP) is 3.09. The Morgan fingerprint density at radius 1 is 1.12 bits per heavy atom. The highest BCUT2D eigenvalue weighted by Crippen LogP contribution is 2.10. The van der Waals surface area contributed by atoms with Crippen LogP contribution in [0.3, 0.4) is 0 Å². The molecule has 0 spiro atoms. The quantitative estimate of drug-likeness (QED) is 0.745. The summed E-state index contributed by atoms with van der Waals surface area (Å²) in [6.45, 7) is 9.56. The second-order valence-electron chi connectivity index (χ2n) is 5.25. The van der Waals surface area contributed by atoms with Crippen LogP contribution >= 0.6 is 0 Å². The van der Waals surface area contributed by atoms with Crippen LogP contribution in [0.15, 0.2) is 30.3 Å². The fraction of sp³-hybridized carbons (Fsp3) is 0.571. The van der Waals surface area contributed by atoms with Crippen LogP contribution in [0.25, 0.3) is 0 Å². The minimum atomic E-state index is 0.361. The topological polar surface area (TPSA) is 21.3 Å². The van der Waals surface area contributed by atoms with Crippen molar-refractivity contribution in [1.29, 1.82) is 0 Å².